The first-order chi connectivity index (χ1) is 7.52. The van der Waals surface area contributed by atoms with E-state index in [1.54, 1.807) is 14.2 Å². The highest BCUT2D eigenvalue weighted by Gasteiger charge is 2.35. The first kappa shape index (κ1) is 15.9. The van der Waals surface area contributed by atoms with E-state index in [1.807, 2.05) is 0 Å². The maximum Gasteiger partial charge on any atom is 0.0543 e. The van der Waals surface area contributed by atoms with E-state index < -0.39 is 0 Å². The molecular formula is C14H30O2. The molecule has 0 aliphatic carbocycles. The minimum atomic E-state index is 0.197. The highest BCUT2D eigenvalue weighted by Crippen LogP contribution is 2.36. The maximum atomic E-state index is 5.44. The molecule has 0 aliphatic rings. The fourth-order valence-corrected chi connectivity index (χ4v) is 2.30. The SMILES string of the molecule is CCC(C)C(CCC(C)C)(COC)COC. The summed E-state index contributed by atoms with van der Waals surface area (Å²) in [7, 11) is 3.59. The van der Waals surface area contributed by atoms with Crippen molar-refractivity contribution in [1.82, 2.24) is 0 Å². The number of hydrogen-bond acceptors (Lipinski definition) is 2. The van der Waals surface area contributed by atoms with E-state index >= 15 is 0 Å². The van der Waals surface area contributed by atoms with Gasteiger partial charge in [-0.05, 0) is 18.3 Å². The Kier molecular flexibility index (Phi) is 8.04. The van der Waals surface area contributed by atoms with E-state index in [4.69, 9.17) is 9.47 Å². The predicted molar refractivity (Wildman–Crippen MR) is 69.7 cm³/mol. The van der Waals surface area contributed by atoms with Crippen LogP contribution in [-0.2, 0) is 9.47 Å². The lowest BCUT2D eigenvalue weighted by molar-refractivity contribution is -0.0349. The second-order valence-corrected chi connectivity index (χ2v) is 5.47. The molecule has 0 aromatic rings. The van der Waals surface area contributed by atoms with Crippen molar-refractivity contribution in [3.8, 4) is 0 Å². The lowest BCUT2D eigenvalue weighted by atomic mass is 9.72. The molecule has 1 unspecified atom stereocenters. The smallest absolute Gasteiger partial charge is 0.0543 e. The molecule has 0 N–H and O–H groups in total. The molecule has 16 heavy (non-hydrogen) atoms. The normalized spacial score (nSPS) is 14.4. The number of methoxy groups -OCH3 is 2. The molecule has 0 saturated carbocycles. The van der Waals surface area contributed by atoms with Crippen molar-refractivity contribution in [3.63, 3.8) is 0 Å². The van der Waals surface area contributed by atoms with Gasteiger partial charge in [-0.2, -0.15) is 0 Å². The van der Waals surface area contributed by atoms with Crippen LogP contribution in [0, 0.1) is 17.3 Å². The molecule has 0 aromatic carbocycles. The summed E-state index contributed by atoms with van der Waals surface area (Å²) < 4.78 is 10.9. The Morgan fingerprint density at radius 2 is 1.50 bits per heavy atom. The highest BCUT2D eigenvalue weighted by molar-refractivity contribution is 4.84. The van der Waals surface area contributed by atoms with Crippen LogP contribution < -0.4 is 0 Å². The molecule has 0 saturated heterocycles. The molecule has 0 amide bonds. The topological polar surface area (TPSA) is 18.5 Å². The number of ether oxygens (including phenoxy) is 2. The van der Waals surface area contributed by atoms with E-state index in [9.17, 15) is 0 Å². The third kappa shape index (κ3) is 4.84. The molecule has 1 atom stereocenters. The lowest BCUT2D eigenvalue weighted by Gasteiger charge is -2.38. The zero-order chi connectivity index (χ0) is 12.6. The molecule has 0 bridgehead atoms. The van der Waals surface area contributed by atoms with Gasteiger partial charge in [-0.3, -0.25) is 0 Å². The van der Waals surface area contributed by atoms with Crippen molar-refractivity contribution in [2.75, 3.05) is 27.4 Å². The van der Waals surface area contributed by atoms with Crippen LogP contribution in [0.4, 0.5) is 0 Å². The molecule has 0 rings (SSSR count). The van der Waals surface area contributed by atoms with Crippen LogP contribution in [0.15, 0.2) is 0 Å². The Morgan fingerprint density at radius 1 is 1.00 bits per heavy atom. The molecular weight excluding hydrogens is 200 g/mol. The zero-order valence-electron chi connectivity index (χ0n) is 12.0. The standard InChI is InChI=1S/C14H30O2/c1-7-13(4)14(10-15-5,11-16-6)9-8-12(2)3/h12-13H,7-11H2,1-6H3. The Hall–Kier alpha value is -0.0800. The van der Waals surface area contributed by atoms with Crippen LogP contribution in [0.25, 0.3) is 0 Å². The second kappa shape index (κ2) is 8.08. The average molecular weight is 230 g/mol. The van der Waals surface area contributed by atoms with E-state index in [0.29, 0.717) is 5.92 Å². The fraction of sp³-hybridized carbons (Fsp3) is 1.00. The first-order valence-electron chi connectivity index (χ1n) is 6.50. The van der Waals surface area contributed by atoms with E-state index in [0.717, 1.165) is 19.1 Å². The molecule has 0 radical (unpaired) electrons. The summed E-state index contributed by atoms with van der Waals surface area (Å²) in [5.41, 5.74) is 0.197. The zero-order valence-corrected chi connectivity index (χ0v) is 12.0. The van der Waals surface area contributed by atoms with Crippen molar-refractivity contribution >= 4 is 0 Å². The van der Waals surface area contributed by atoms with Crippen LogP contribution in [0.2, 0.25) is 0 Å². The molecule has 0 heterocycles. The molecule has 0 aromatic heterocycles. The summed E-state index contributed by atoms with van der Waals surface area (Å²) in [5, 5.41) is 0. The lowest BCUT2D eigenvalue weighted by Crippen LogP contribution is -2.38. The maximum absolute atomic E-state index is 5.44. The van der Waals surface area contributed by atoms with Gasteiger partial charge in [-0.25, -0.2) is 0 Å². The summed E-state index contributed by atoms with van der Waals surface area (Å²) in [6.45, 7) is 10.7. The minimum Gasteiger partial charge on any atom is -0.384 e. The molecule has 0 spiro atoms. The fourth-order valence-electron chi connectivity index (χ4n) is 2.30. The van der Waals surface area contributed by atoms with Gasteiger partial charge in [0.15, 0.2) is 0 Å². The number of rotatable bonds is 9. The van der Waals surface area contributed by atoms with Gasteiger partial charge in [-0.15, -0.1) is 0 Å². The van der Waals surface area contributed by atoms with Gasteiger partial charge in [0.25, 0.3) is 0 Å². The first-order valence-corrected chi connectivity index (χ1v) is 6.50. The van der Waals surface area contributed by atoms with Crippen LogP contribution in [0.1, 0.15) is 47.0 Å². The largest absolute Gasteiger partial charge is 0.384 e. The van der Waals surface area contributed by atoms with Gasteiger partial charge in [0.2, 0.25) is 0 Å². The third-order valence-electron chi connectivity index (χ3n) is 3.74. The summed E-state index contributed by atoms with van der Waals surface area (Å²) in [5.74, 6) is 1.39. The summed E-state index contributed by atoms with van der Waals surface area (Å²) >= 11 is 0. The van der Waals surface area contributed by atoms with Crippen LogP contribution in [0.5, 0.6) is 0 Å². The van der Waals surface area contributed by atoms with E-state index in [1.165, 1.54) is 19.3 Å². The van der Waals surface area contributed by atoms with Crippen LogP contribution >= 0.6 is 0 Å². The van der Waals surface area contributed by atoms with Gasteiger partial charge in [0.05, 0.1) is 13.2 Å². The molecule has 0 aliphatic heterocycles. The third-order valence-corrected chi connectivity index (χ3v) is 3.74. The molecule has 2 heteroatoms. The van der Waals surface area contributed by atoms with Gasteiger partial charge in [-0.1, -0.05) is 40.5 Å². The van der Waals surface area contributed by atoms with Crippen molar-refractivity contribution in [3.05, 3.63) is 0 Å². The van der Waals surface area contributed by atoms with Crippen molar-refractivity contribution in [2.45, 2.75) is 47.0 Å². The Morgan fingerprint density at radius 3 is 1.81 bits per heavy atom. The Labute approximate surface area is 102 Å². The monoisotopic (exact) mass is 230 g/mol. The van der Waals surface area contributed by atoms with Crippen LogP contribution in [0.3, 0.4) is 0 Å². The Bertz CT molecular complexity index is 160. The Balaban J connectivity index is 4.63. The van der Waals surface area contributed by atoms with Gasteiger partial charge < -0.3 is 9.47 Å². The summed E-state index contributed by atoms with van der Waals surface area (Å²) in [6, 6.07) is 0. The minimum absolute atomic E-state index is 0.197. The number of hydrogen-bond donors (Lipinski definition) is 0. The average Bonchev–Trinajstić information content (AvgIpc) is 2.25. The van der Waals surface area contributed by atoms with Crippen molar-refractivity contribution in [2.24, 2.45) is 17.3 Å². The van der Waals surface area contributed by atoms with Gasteiger partial charge in [0.1, 0.15) is 0 Å². The summed E-state index contributed by atoms with van der Waals surface area (Å²) in [6.07, 6.45) is 3.63. The molecule has 0 fully saturated rings. The van der Waals surface area contributed by atoms with Gasteiger partial charge >= 0.3 is 0 Å². The second-order valence-electron chi connectivity index (χ2n) is 5.47. The summed E-state index contributed by atoms with van der Waals surface area (Å²) in [4.78, 5) is 0. The quantitative estimate of drug-likeness (QED) is 0.600. The highest BCUT2D eigenvalue weighted by atomic mass is 16.5. The van der Waals surface area contributed by atoms with Crippen LogP contribution in [-0.4, -0.2) is 27.4 Å². The van der Waals surface area contributed by atoms with Crippen molar-refractivity contribution < 1.29 is 9.47 Å². The molecule has 98 valence electrons. The predicted octanol–water partition coefficient (Wildman–Crippen LogP) is 3.75. The van der Waals surface area contributed by atoms with E-state index in [2.05, 4.69) is 27.7 Å². The molecule has 2 nitrogen and oxygen atoms in total. The van der Waals surface area contributed by atoms with E-state index in [-0.39, 0.29) is 5.41 Å². The van der Waals surface area contributed by atoms with Gasteiger partial charge in [0, 0.05) is 19.6 Å². The van der Waals surface area contributed by atoms with Crippen molar-refractivity contribution in [1.29, 1.82) is 0 Å².